The van der Waals surface area contributed by atoms with Gasteiger partial charge in [-0.1, -0.05) is 22.0 Å². The summed E-state index contributed by atoms with van der Waals surface area (Å²) in [5.41, 5.74) is 0.714. The molecule has 0 aliphatic heterocycles. The van der Waals surface area contributed by atoms with Gasteiger partial charge in [-0.3, -0.25) is 9.52 Å². The summed E-state index contributed by atoms with van der Waals surface area (Å²) in [5.74, 6) is -1.15. The Morgan fingerprint density at radius 2 is 1.69 bits per heavy atom. The van der Waals surface area contributed by atoms with Crippen LogP contribution in [0.25, 0.3) is 0 Å². The van der Waals surface area contributed by atoms with Gasteiger partial charge >= 0.3 is 0 Å². The van der Waals surface area contributed by atoms with Crippen LogP contribution in [0.1, 0.15) is 10.4 Å². The number of carbonyl (C=O) groups excluding carboxylic acids is 1. The molecule has 3 aromatic carbocycles. The largest absolute Gasteiger partial charge is 0.494 e. The maximum absolute atomic E-state index is 13.8. The average Bonchev–Trinajstić information content (AvgIpc) is 2.70. The highest BCUT2D eigenvalue weighted by Gasteiger charge is 2.17. The Morgan fingerprint density at radius 1 is 1.00 bits per heavy atom. The Morgan fingerprint density at radius 3 is 2.34 bits per heavy atom. The third-order valence-corrected chi connectivity index (χ3v) is 5.82. The van der Waals surface area contributed by atoms with Gasteiger partial charge in [-0.05, 0) is 54.6 Å². The molecule has 0 aromatic heterocycles. The highest BCUT2D eigenvalue weighted by molar-refractivity contribution is 9.10. The van der Waals surface area contributed by atoms with E-state index in [2.05, 4.69) is 26.0 Å². The van der Waals surface area contributed by atoms with Crippen LogP contribution in [0, 0.1) is 5.82 Å². The van der Waals surface area contributed by atoms with Crippen LogP contribution in [0.2, 0.25) is 0 Å². The summed E-state index contributed by atoms with van der Waals surface area (Å²) in [6.45, 7) is 0. The van der Waals surface area contributed by atoms with Gasteiger partial charge in [0, 0.05) is 27.5 Å². The SMILES string of the molecule is COc1ccc(NC(=O)c2cccc(S(=O)(=O)Nc3ccc(Br)cc3)c2)cc1F. The van der Waals surface area contributed by atoms with Crippen molar-refractivity contribution < 1.29 is 22.3 Å². The number of benzene rings is 3. The summed E-state index contributed by atoms with van der Waals surface area (Å²) < 4.78 is 47.1. The first-order valence-corrected chi connectivity index (χ1v) is 10.6. The molecule has 3 rings (SSSR count). The number of carbonyl (C=O) groups is 1. The predicted molar refractivity (Wildman–Crippen MR) is 112 cm³/mol. The molecule has 2 N–H and O–H groups in total. The van der Waals surface area contributed by atoms with Crippen molar-refractivity contribution in [3.05, 3.63) is 82.6 Å². The first-order chi connectivity index (χ1) is 13.8. The fourth-order valence-electron chi connectivity index (χ4n) is 2.48. The fourth-order valence-corrected chi connectivity index (χ4v) is 3.85. The number of hydrogen-bond donors (Lipinski definition) is 2. The molecule has 9 heteroatoms. The van der Waals surface area contributed by atoms with E-state index in [1.54, 1.807) is 24.3 Å². The van der Waals surface area contributed by atoms with Crippen molar-refractivity contribution in [2.24, 2.45) is 0 Å². The third-order valence-electron chi connectivity index (χ3n) is 3.91. The Balaban J connectivity index is 1.80. The molecular formula is C20H16BrFN2O4S. The summed E-state index contributed by atoms with van der Waals surface area (Å²) in [6, 6.07) is 16.2. The minimum absolute atomic E-state index is 0.0510. The zero-order chi connectivity index (χ0) is 21.0. The highest BCUT2D eigenvalue weighted by atomic mass is 79.9. The van der Waals surface area contributed by atoms with E-state index >= 15 is 0 Å². The molecule has 0 radical (unpaired) electrons. The number of hydrogen-bond acceptors (Lipinski definition) is 4. The second kappa shape index (κ2) is 8.62. The summed E-state index contributed by atoms with van der Waals surface area (Å²) in [7, 11) is -2.55. The van der Waals surface area contributed by atoms with Crippen molar-refractivity contribution in [1.82, 2.24) is 0 Å². The van der Waals surface area contributed by atoms with Gasteiger partial charge in [0.1, 0.15) is 0 Å². The molecule has 0 bridgehead atoms. The number of methoxy groups -OCH3 is 1. The number of ether oxygens (including phenoxy) is 1. The molecule has 0 aliphatic carbocycles. The number of sulfonamides is 1. The van der Waals surface area contributed by atoms with Crippen LogP contribution in [-0.4, -0.2) is 21.4 Å². The van der Waals surface area contributed by atoms with E-state index in [1.807, 2.05) is 0 Å². The van der Waals surface area contributed by atoms with Crippen LogP contribution in [-0.2, 0) is 10.0 Å². The molecular weight excluding hydrogens is 463 g/mol. The Kier molecular flexibility index (Phi) is 6.19. The van der Waals surface area contributed by atoms with Crippen molar-refractivity contribution in [3.63, 3.8) is 0 Å². The van der Waals surface area contributed by atoms with E-state index in [0.717, 1.165) is 10.5 Å². The molecule has 1 amide bonds. The van der Waals surface area contributed by atoms with Crippen molar-refractivity contribution in [1.29, 1.82) is 0 Å². The molecule has 0 fully saturated rings. The molecule has 6 nitrogen and oxygen atoms in total. The van der Waals surface area contributed by atoms with Gasteiger partial charge in [-0.2, -0.15) is 0 Å². The smallest absolute Gasteiger partial charge is 0.261 e. The Labute approximate surface area is 175 Å². The Bertz CT molecular complexity index is 1150. The van der Waals surface area contributed by atoms with Gasteiger partial charge in [0.15, 0.2) is 11.6 Å². The van der Waals surface area contributed by atoms with Gasteiger partial charge in [-0.15, -0.1) is 0 Å². The van der Waals surface area contributed by atoms with Crippen molar-refractivity contribution >= 4 is 43.2 Å². The van der Waals surface area contributed by atoms with E-state index < -0.39 is 21.7 Å². The molecule has 150 valence electrons. The average molecular weight is 479 g/mol. The van der Waals surface area contributed by atoms with E-state index in [0.29, 0.717) is 5.69 Å². The Hall–Kier alpha value is -2.91. The summed E-state index contributed by atoms with van der Waals surface area (Å²) >= 11 is 3.28. The predicted octanol–water partition coefficient (Wildman–Crippen LogP) is 4.65. The van der Waals surface area contributed by atoms with Crippen LogP contribution >= 0.6 is 15.9 Å². The van der Waals surface area contributed by atoms with E-state index in [1.165, 1.54) is 43.5 Å². The topological polar surface area (TPSA) is 84.5 Å². The fraction of sp³-hybridized carbons (Fsp3) is 0.0500. The molecule has 0 unspecified atom stereocenters. The molecule has 3 aromatic rings. The maximum atomic E-state index is 13.8. The minimum atomic E-state index is -3.89. The second-order valence-electron chi connectivity index (χ2n) is 5.94. The first kappa shape index (κ1) is 20.8. The van der Waals surface area contributed by atoms with Gasteiger partial charge in [0.2, 0.25) is 0 Å². The number of nitrogens with one attached hydrogen (secondary N) is 2. The van der Waals surface area contributed by atoms with Gasteiger partial charge in [-0.25, -0.2) is 12.8 Å². The van der Waals surface area contributed by atoms with Gasteiger partial charge in [0.25, 0.3) is 15.9 Å². The lowest BCUT2D eigenvalue weighted by Gasteiger charge is -2.10. The quantitative estimate of drug-likeness (QED) is 0.539. The lowest BCUT2D eigenvalue weighted by Crippen LogP contribution is -2.16. The third kappa shape index (κ3) is 5.12. The molecule has 0 saturated carbocycles. The molecule has 0 spiro atoms. The normalized spacial score (nSPS) is 11.0. The van der Waals surface area contributed by atoms with E-state index in [9.17, 15) is 17.6 Å². The van der Waals surface area contributed by atoms with Crippen LogP contribution < -0.4 is 14.8 Å². The van der Waals surface area contributed by atoms with Crippen LogP contribution in [0.5, 0.6) is 5.75 Å². The minimum Gasteiger partial charge on any atom is -0.494 e. The van der Waals surface area contributed by atoms with Crippen molar-refractivity contribution in [3.8, 4) is 5.75 Å². The summed E-state index contributed by atoms with van der Waals surface area (Å²) in [4.78, 5) is 12.4. The number of amides is 1. The molecule has 0 heterocycles. The highest BCUT2D eigenvalue weighted by Crippen LogP contribution is 2.22. The lowest BCUT2D eigenvalue weighted by molar-refractivity contribution is 0.102. The maximum Gasteiger partial charge on any atom is 0.261 e. The number of halogens is 2. The van der Waals surface area contributed by atoms with E-state index in [4.69, 9.17) is 4.74 Å². The summed E-state index contributed by atoms with van der Waals surface area (Å²) in [5, 5.41) is 2.53. The summed E-state index contributed by atoms with van der Waals surface area (Å²) in [6.07, 6.45) is 0. The van der Waals surface area contributed by atoms with Gasteiger partial charge in [0.05, 0.1) is 12.0 Å². The van der Waals surface area contributed by atoms with Crippen molar-refractivity contribution in [2.45, 2.75) is 4.90 Å². The molecule has 0 aliphatic rings. The molecule has 0 atom stereocenters. The van der Waals surface area contributed by atoms with Crippen LogP contribution in [0.15, 0.2) is 76.1 Å². The number of anilines is 2. The van der Waals surface area contributed by atoms with Gasteiger partial charge < -0.3 is 10.1 Å². The molecule has 0 saturated heterocycles. The lowest BCUT2D eigenvalue weighted by atomic mass is 10.2. The first-order valence-electron chi connectivity index (χ1n) is 8.32. The molecule has 29 heavy (non-hydrogen) atoms. The monoisotopic (exact) mass is 478 g/mol. The van der Waals surface area contributed by atoms with E-state index in [-0.39, 0.29) is 21.9 Å². The van der Waals surface area contributed by atoms with Crippen LogP contribution in [0.3, 0.4) is 0 Å². The van der Waals surface area contributed by atoms with Crippen LogP contribution in [0.4, 0.5) is 15.8 Å². The zero-order valence-electron chi connectivity index (χ0n) is 15.1. The number of rotatable bonds is 6. The zero-order valence-corrected chi connectivity index (χ0v) is 17.6. The standard InChI is InChI=1S/C20H16BrFN2O4S/c1-28-19-10-9-16(12-18(19)22)23-20(25)13-3-2-4-17(11-13)29(26,27)24-15-7-5-14(21)6-8-15/h2-12,24H,1H3,(H,23,25). The second-order valence-corrected chi connectivity index (χ2v) is 8.54. The van der Waals surface area contributed by atoms with Crippen molar-refractivity contribution in [2.75, 3.05) is 17.1 Å².